The highest BCUT2D eigenvalue weighted by Gasteiger charge is 2.09. The topological polar surface area (TPSA) is 30.2 Å². The van der Waals surface area contributed by atoms with Gasteiger partial charge in [0, 0.05) is 11.6 Å². The molecule has 2 aliphatic rings. The first-order chi connectivity index (χ1) is 9.75. The van der Waals surface area contributed by atoms with Gasteiger partial charge in [0.25, 0.3) is 0 Å². The van der Waals surface area contributed by atoms with Gasteiger partial charge in [0.1, 0.15) is 11.2 Å². The highest BCUT2D eigenvalue weighted by Crippen LogP contribution is 2.22. The molecule has 0 saturated heterocycles. The molecule has 2 heteroatoms. The van der Waals surface area contributed by atoms with E-state index in [0.717, 1.165) is 18.4 Å². The van der Waals surface area contributed by atoms with Crippen LogP contribution in [0.15, 0.2) is 57.3 Å². The van der Waals surface area contributed by atoms with E-state index in [-0.39, 0.29) is 5.43 Å². The summed E-state index contributed by atoms with van der Waals surface area (Å²) in [6.07, 6.45) is 17.4. The van der Waals surface area contributed by atoms with Gasteiger partial charge in [-0.05, 0) is 31.9 Å². The third-order valence-electron chi connectivity index (χ3n) is 3.51. The van der Waals surface area contributed by atoms with Crippen LogP contribution in [-0.2, 0) is 0 Å². The Morgan fingerprint density at radius 2 is 2.05 bits per heavy atom. The van der Waals surface area contributed by atoms with Gasteiger partial charge < -0.3 is 4.42 Å². The molecule has 1 aromatic rings. The smallest absolute Gasteiger partial charge is 0.193 e. The van der Waals surface area contributed by atoms with Gasteiger partial charge >= 0.3 is 0 Å². The van der Waals surface area contributed by atoms with Crippen LogP contribution in [0.5, 0.6) is 0 Å². The summed E-state index contributed by atoms with van der Waals surface area (Å²) in [7, 11) is 0. The maximum Gasteiger partial charge on any atom is 0.193 e. The lowest BCUT2D eigenvalue weighted by Crippen LogP contribution is -2.38. The maximum absolute atomic E-state index is 12.3. The molecule has 1 heterocycles. The van der Waals surface area contributed by atoms with Crippen molar-refractivity contribution in [3.05, 3.63) is 74.7 Å². The summed E-state index contributed by atoms with van der Waals surface area (Å²) >= 11 is 0. The molecule has 2 nitrogen and oxygen atoms in total. The zero-order valence-corrected chi connectivity index (χ0v) is 11.4. The van der Waals surface area contributed by atoms with Gasteiger partial charge in [-0.1, -0.05) is 42.0 Å². The molecule has 0 unspecified atom stereocenters. The molecule has 100 valence electrons. The summed E-state index contributed by atoms with van der Waals surface area (Å²) < 4.78 is 5.96. The van der Waals surface area contributed by atoms with Crippen molar-refractivity contribution in [2.75, 3.05) is 0 Å². The molecule has 0 radical (unpaired) electrons. The standard InChI is InChI=1S/C18H16O2/c1-13-8-4-2-5-9-14(13)18-12-16(19)15-10-6-3-7-11-17(15)20-18/h2-6,9-12H,7-8H2,1H3. The SMILES string of the molecule is CC1=C(c2cc(=O)c3c(o2)=CCC=CC=3)C=CC=CC1. The van der Waals surface area contributed by atoms with Gasteiger partial charge in [-0.2, -0.15) is 0 Å². The minimum atomic E-state index is 0.00922. The summed E-state index contributed by atoms with van der Waals surface area (Å²) in [5.41, 5.74) is 2.88. The van der Waals surface area contributed by atoms with Crippen molar-refractivity contribution >= 4 is 17.7 Å². The molecule has 3 rings (SSSR count). The largest absolute Gasteiger partial charge is 0.456 e. The molecule has 0 aromatic carbocycles. The fourth-order valence-corrected chi connectivity index (χ4v) is 2.41. The number of allylic oxidation sites excluding steroid dienone is 8. The van der Waals surface area contributed by atoms with E-state index in [1.165, 1.54) is 5.57 Å². The first-order valence-corrected chi connectivity index (χ1v) is 6.80. The molecule has 0 saturated carbocycles. The van der Waals surface area contributed by atoms with Gasteiger partial charge in [0.15, 0.2) is 5.43 Å². The van der Waals surface area contributed by atoms with Crippen molar-refractivity contribution in [3.8, 4) is 0 Å². The lowest BCUT2D eigenvalue weighted by molar-refractivity contribution is 0.494. The lowest BCUT2D eigenvalue weighted by Gasteiger charge is -2.05. The third kappa shape index (κ3) is 2.37. The van der Waals surface area contributed by atoms with Crippen LogP contribution in [-0.4, -0.2) is 0 Å². The van der Waals surface area contributed by atoms with Crippen LogP contribution in [0.1, 0.15) is 25.5 Å². The molecular formula is C18H16O2. The van der Waals surface area contributed by atoms with Crippen molar-refractivity contribution < 1.29 is 4.42 Å². The van der Waals surface area contributed by atoms with E-state index in [4.69, 9.17) is 4.42 Å². The normalized spacial score (nSPS) is 17.1. The molecule has 20 heavy (non-hydrogen) atoms. The molecule has 0 fully saturated rings. The Morgan fingerprint density at radius 1 is 1.15 bits per heavy atom. The quantitative estimate of drug-likeness (QED) is 0.780. The number of hydrogen-bond donors (Lipinski definition) is 0. The van der Waals surface area contributed by atoms with Crippen molar-refractivity contribution in [1.29, 1.82) is 0 Å². The second-order valence-electron chi connectivity index (χ2n) is 4.97. The first-order valence-electron chi connectivity index (χ1n) is 6.80. The Kier molecular flexibility index (Phi) is 3.38. The van der Waals surface area contributed by atoms with Crippen molar-refractivity contribution in [1.82, 2.24) is 0 Å². The summed E-state index contributed by atoms with van der Waals surface area (Å²) in [5.74, 6) is 0.651. The van der Waals surface area contributed by atoms with Crippen LogP contribution in [0.25, 0.3) is 17.7 Å². The predicted molar refractivity (Wildman–Crippen MR) is 82.4 cm³/mol. The minimum absolute atomic E-state index is 0.00922. The van der Waals surface area contributed by atoms with E-state index < -0.39 is 0 Å². The molecule has 0 spiro atoms. The Morgan fingerprint density at radius 3 is 2.95 bits per heavy atom. The maximum atomic E-state index is 12.3. The van der Waals surface area contributed by atoms with E-state index >= 15 is 0 Å². The highest BCUT2D eigenvalue weighted by atomic mass is 16.3. The molecular weight excluding hydrogens is 248 g/mol. The summed E-state index contributed by atoms with van der Waals surface area (Å²) in [4.78, 5) is 12.3. The van der Waals surface area contributed by atoms with Gasteiger partial charge in [-0.25, -0.2) is 0 Å². The van der Waals surface area contributed by atoms with Gasteiger partial charge in [0.05, 0.1) is 5.22 Å². The average Bonchev–Trinajstić information content (AvgIpc) is 2.78. The molecule has 0 bridgehead atoms. The monoisotopic (exact) mass is 264 g/mol. The third-order valence-corrected chi connectivity index (χ3v) is 3.51. The predicted octanol–water partition coefficient (Wildman–Crippen LogP) is 2.45. The molecule has 0 N–H and O–H groups in total. The van der Waals surface area contributed by atoms with Crippen LogP contribution in [0.4, 0.5) is 0 Å². The second-order valence-corrected chi connectivity index (χ2v) is 4.97. The van der Waals surface area contributed by atoms with E-state index in [1.54, 1.807) is 6.07 Å². The molecule has 1 aromatic heterocycles. The highest BCUT2D eigenvalue weighted by molar-refractivity contribution is 5.74. The Hall–Kier alpha value is -2.35. The van der Waals surface area contributed by atoms with E-state index in [1.807, 2.05) is 42.5 Å². The molecule has 0 amide bonds. The Balaban J connectivity index is 2.24. The fourth-order valence-electron chi connectivity index (χ4n) is 2.41. The fraction of sp³-hybridized carbons (Fsp3) is 0.167. The van der Waals surface area contributed by atoms with Crippen LogP contribution in [0, 0.1) is 0 Å². The number of hydrogen-bond acceptors (Lipinski definition) is 2. The van der Waals surface area contributed by atoms with Crippen LogP contribution >= 0.6 is 0 Å². The average molecular weight is 264 g/mol. The lowest BCUT2D eigenvalue weighted by atomic mass is 10.0. The Labute approximate surface area is 117 Å². The van der Waals surface area contributed by atoms with Gasteiger partial charge in [0.2, 0.25) is 0 Å². The van der Waals surface area contributed by atoms with Crippen molar-refractivity contribution in [2.45, 2.75) is 19.8 Å². The van der Waals surface area contributed by atoms with Crippen molar-refractivity contribution in [2.24, 2.45) is 0 Å². The van der Waals surface area contributed by atoms with Gasteiger partial charge in [-0.3, -0.25) is 4.79 Å². The summed E-state index contributed by atoms with van der Waals surface area (Å²) in [6.45, 7) is 2.07. The Bertz CT molecular complexity index is 827. The van der Waals surface area contributed by atoms with Gasteiger partial charge in [-0.15, -0.1) is 0 Å². The van der Waals surface area contributed by atoms with Crippen LogP contribution in [0.3, 0.4) is 0 Å². The van der Waals surface area contributed by atoms with Crippen LogP contribution in [0.2, 0.25) is 0 Å². The zero-order valence-electron chi connectivity index (χ0n) is 11.4. The molecule has 2 aliphatic carbocycles. The van der Waals surface area contributed by atoms with E-state index in [2.05, 4.69) is 13.0 Å². The number of fused-ring (bicyclic) bond motifs is 1. The summed E-state index contributed by atoms with van der Waals surface area (Å²) in [6, 6.07) is 1.59. The summed E-state index contributed by atoms with van der Waals surface area (Å²) in [5, 5.41) is 0.636. The zero-order chi connectivity index (χ0) is 13.9. The van der Waals surface area contributed by atoms with E-state index in [0.29, 0.717) is 16.4 Å². The first kappa shape index (κ1) is 12.7. The van der Waals surface area contributed by atoms with Crippen LogP contribution < -0.4 is 16.1 Å². The second kappa shape index (κ2) is 5.33. The van der Waals surface area contributed by atoms with Crippen molar-refractivity contribution in [3.63, 3.8) is 0 Å². The minimum Gasteiger partial charge on any atom is -0.456 e. The molecule has 0 aliphatic heterocycles. The number of rotatable bonds is 1. The molecule has 0 atom stereocenters. The van der Waals surface area contributed by atoms with E-state index in [9.17, 15) is 4.79 Å².